The van der Waals surface area contributed by atoms with Crippen molar-refractivity contribution in [2.75, 3.05) is 19.8 Å². The molecule has 0 saturated carbocycles. The van der Waals surface area contributed by atoms with Crippen LogP contribution in [0.5, 0.6) is 0 Å². The van der Waals surface area contributed by atoms with E-state index in [1.807, 2.05) is 43.1 Å². The lowest BCUT2D eigenvalue weighted by Crippen LogP contribution is -2.38. The highest BCUT2D eigenvalue weighted by Gasteiger charge is 2.08. The summed E-state index contributed by atoms with van der Waals surface area (Å²) >= 11 is 6.05. The maximum Gasteiger partial charge on any atom is 0.194 e. The van der Waals surface area contributed by atoms with Gasteiger partial charge in [-0.05, 0) is 42.3 Å². The number of nitrogens with zero attached hydrogens (tertiary/aromatic N) is 2. The minimum atomic E-state index is -3.18. The molecule has 0 atom stereocenters. The van der Waals surface area contributed by atoms with Crippen LogP contribution in [0.3, 0.4) is 0 Å². The second kappa shape index (κ2) is 9.05. The number of nitrogens with one attached hydrogen (secondary N) is 1. The molecule has 26 heavy (non-hydrogen) atoms. The second-order valence-electron chi connectivity index (χ2n) is 6.07. The van der Waals surface area contributed by atoms with Crippen LogP contribution in [0.15, 0.2) is 58.4 Å². The predicted octanol–water partition coefficient (Wildman–Crippen LogP) is 3.34. The van der Waals surface area contributed by atoms with Crippen LogP contribution in [0.25, 0.3) is 0 Å². The maximum absolute atomic E-state index is 11.5. The molecule has 2 aromatic rings. The Balaban J connectivity index is 2.10. The summed E-state index contributed by atoms with van der Waals surface area (Å²) in [5.41, 5.74) is 2.05. The van der Waals surface area contributed by atoms with Gasteiger partial charge in [-0.15, -0.1) is 0 Å². The van der Waals surface area contributed by atoms with Gasteiger partial charge < -0.3 is 10.2 Å². The fraction of sp³-hybridized carbons (Fsp3) is 0.316. The van der Waals surface area contributed by atoms with E-state index in [2.05, 4.69) is 10.3 Å². The van der Waals surface area contributed by atoms with Gasteiger partial charge in [0.2, 0.25) is 0 Å². The van der Waals surface area contributed by atoms with Gasteiger partial charge in [-0.25, -0.2) is 13.4 Å². The number of hydrogen-bond donors (Lipinski definition) is 1. The van der Waals surface area contributed by atoms with Crippen molar-refractivity contribution >= 4 is 27.4 Å². The molecule has 1 N–H and O–H groups in total. The topological polar surface area (TPSA) is 61.8 Å². The van der Waals surface area contributed by atoms with E-state index in [9.17, 15) is 8.42 Å². The summed E-state index contributed by atoms with van der Waals surface area (Å²) in [6.07, 6.45) is 1.20. The van der Waals surface area contributed by atoms with Crippen molar-refractivity contribution < 1.29 is 8.42 Å². The number of halogens is 1. The van der Waals surface area contributed by atoms with Gasteiger partial charge in [-0.2, -0.15) is 0 Å². The van der Waals surface area contributed by atoms with Crippen LogP contribution in [0.4, 0.5) is 0 Å². The van der Waals surface area contributed by atoms with Crippen molar-refractivity contribution in [2.24, 2.45) is 4.99 Å². The van der Waals surface area contributed by atoms with Crippen LogP contribution < -0.4 is 5.32 Å². The van der Waals surface area contributed by atoms with Gasteiger partial charge in [0.1, 0.15) is 0 Å². The summed E-state index contributed by atoms with van der Waals surface area (Å²) < 4.78 is 23.1. The van der Waals surface area contributed by atoms with Gasteiger partial charge in [0, 0.05) is 31.4 Å². The highest BCUT2D eigenvalue weighted by molar-refractivity contribution is 7.90. The molecule has 0 amide bonds. The Morgan fingerprint density at radius 3 is 2.42 bits per heavy atom. The van der Waals surface area contributed by atoms with Crippen LogP contribution >= 0.6 is 11.6 Å². The third-order valence-electron chi connectivity index (χ3n) is 3.77. The van der Waals surface area contributed by atoms with E-state index in [1.54, 1.807) is 24.3 Å². The average molecular weight is 394 g/mol. The molecular weight excluding hydrogens is 370 g/mol. The molecule has 0 heterocycles. The van der Waals surface area contributed by atoms with Crippen LogP contribution in [-0.4, -0.2) is 39.1 Å². The normalized spacial score (nSPS) is 12.1. The van der Waals surface area contributed by atoms with Gasteiger partial charge in [0.25, 0.3) is 0 Å². The molecule has 0 unspecified atom stereocenters. The van der Waals surface area contributed by atoms with E-state index in [4.69, 9.17) is 11.6 Å². The smallest absolute Gasteiger partial charge is 0.194 e. The Bertz CT molecular complexity index is 865. The monoisotopic (exact) mass is 393 g/mol. The van der Waals surface area contributed by atoms with Gasteiger partial charge in [-0.3, -0.25) is 0 Å². The van der Waals surface area contributed by atoms with E-state index in [-0.39, 0.29) is 0 Å². The van der Waals surface area contributed by atoms with Crippen molar-refractivity contribution in [3.05, 3.63) is 64.7 Å². The van der Waals surface area contributed by atoms with Crippen molar-refractivity contribution in [2.45, 2.75) is 24.9 Å². The first-order valence-corrected chi connectivity index (χ1v) is 10.6. The van der Waals surface area contributed by atoms with Gasteiger partial charge in [0.05, 0.1) is 11.4 Å². The molecule has 0 bridgehead atoms. The summed E-state index contributed by atoms with van der Waals surface area (Å²) in [4.78, 5) is 6.99. The molecule has 140 valence electrons. The van der Waals surface area contributed by atoms with Gasteiger partial charge in [-0.1, -0.05) is 35.9 Å². The Hall–Kier alpha value is -2.05. The molecule has 5 nitrogen and oxygen atoms in total. The molecule has 0 aliphatic heterocycles. The lowest BCUT2D eigenvalue weighted by atomic mass is 10.2. The molecule has 7 heteroatoms. The first-order chi connectivity index (χ1) is 12.3. The first kappa shape index (κ1) is 20.3. The predicted molar refractivity (Wildman–Crippen MR) is 107 cm³/mol. The summed E-state index contributed by atoms with van der Waals surface area (Å²) in [6.45, 7) is 3.92. The molecular formula is C19H24ClN3O2S. The molecule has 0 aliphatic rings. The van der Waals surface area contributed by atoms with Crippen molar-refractivity contribution in [1.82, 2.24) is 10.2 Å². The summed E-state index contributed by atoms with van der Waals surface area (Å²) in [7, 11) is -1.21. The van der Waals surface area contributed by atoms with E-state index in [0.717, 1.165) is 23.6 Å². The second-order valence-corrected chi connectivity index (χ2v) is 8.52. The highest BCUT2D eigenvalue weighted by atomic mass is 35.5. The fourth-order valence-corrected chi connectivity index (χ4v) is 3.31. The zero-order valence-electron chi connectivity index (χ0n) is 15.2. The number of benzene rings is 2. The largest absolute Gasteiger partial charge is 0.357 e. The molecule has 0 aromatic heterocycles. The third-order valence-corrected chi connectivity index (χ3v) is 5.13. The summed E-state index contributed by atoms with van der Waals surface area (Å²) in [5.74, 6) is 0.777. The number of rotatable bonds is 6. The van der Waals surface area contributed by atoms with Crippen LogP contribution in [-0.2, 0) is 22.9 Å². The molecule has 0 spiro atoms. The minimum Gasteiger partial charge on any atom is -0.357 e. The SMILES string of the molecule is CCNC(=NCc1ccc(S(C)(=O)=O)cc1)N(C)Cc1cccc(Cl)c1. The number of hydrogen-bond acceptors (Lipinski definition) is 3. The average Bonchev–Trinajstić information content (AvgIpc) is 2.58. The van der Waals surface area contributed by atoms with Crippen LogP contribution in [0.1, 0.15) is 18.1 Å². The highest BCUT2D eigenvalue weighted by Crippen LogP contribution is 2.13. The van der Waals surface area contributed by atoms with Gasteiger partial charge in [0.15, 0.2) is 15.8 Å². The number of aliphatic imine (C=N–C) groups is 1. The lowest BCUT2D eigenvalue weighted by molar-refractivity contribution is 0.477. The minimum absolute atomic E-state index is 0.315. The Labute approximate surface area is 160 Å². The van der Waals surface area contributed by atoms with E-state index in [0.29, 0.717) is 23.0 Å². The van der Waals surface area contributed by atoms with Crippen LogP contribution in [0.2, 0.25) is 5.02 Å². The molecule has 0 aliphatic carbocycles. The first-order valence-electron chi connectivity index (χ1n) is 8.32. The van der Waals surface area contributed by atoms with Crippen LogP contribution in [0, 0.1) is 0 Å². The standard InChI is InChI=1S/C19H24ClN3O2S/c1-4-21-19(23(2)14-16-6-5-7-17(20)12-16)22-13-15-8-10-18(11-9-15)26(3,24)25/h5-12H,4,13-14H2,1-3H3,(H,21,22). The van der Waals surface area contributed by atoms with Crippen molar-refractivity contribution in [3.63, 3.8) is 0 Å². The fourth-order valence-electron chi connectivity index (χ4n) is 2.46. The summed E-state index contributed by atoms with van der Waals surface area (Å²) in [5, 5.41) is 3.98. The Kier molecular flexibility index (Phi) is 7.06. The Morgan fingerprint density at radius 1 is 1.15 bits per heavy atom. The Morgan fingerprint density at radius 2 is 1.85 bits per heavy atom. The molecule has 0 fully saturated rings. The molecule has 0 saturated heterocycles. The number of sulfone groups is 1. The summed E-state index contributed by atoms with van der Waals surface area (Å²) in [6, 6.07) is 14.6. The maximum atomic E-state index is 11.5. The molecule has 0 radical (unpaired) electrons. The van der Waals surface area contributed by atoms with Crippen molar-refractivity contribution in [1.29, 1.82) is 0 Å². The molecule has 2 aromatic carbocycles. The zero-order chi connectivity index (χ0) is 19.2. The lowest BCUT2D eigenvalue weighted by Gasteiger charge is -2.22. The zero-order valence-corrected chi connectivity index (χ0v) is 16.8. The van der Waals surface area contributed by atoms with Gasteiger partial charge >= 0.3 is 0 Å². The van der Waals surface area contributed by atoms with E-state index >= 15 is 0 Å². The third kappa shape index (κ3) is 6.04. The molecule has 2 rings (SSSR count). The van der Waals surface area contributed by atoms with Crippen molar-refractivity contribution in [3.8, 4) is 0 Å². The van der Waals surface area contributed by atoms with E-state index in [1.165, 1.54) is 6.26 Å². The quantitative estimate of drug-likeness (QED) is 0.604. The number of guanidine groups is 1. The van der Waals surface area contributed by atoms with E-state index < -0.39 is 9.84 Å².